The highest BCUT2D eigenvalue weighted by Gasteiger charge is 2.25. The third-order valence-corrected chi connectivity index (χ3v) is 5.78. The zero-order valence-electron chi connectivity index (χ0n) is 15.0. The van der Waals surface area contributed by atoms with Crippen LogP contribution in [0.15, 0.2) is 47.4 Å². The third kappa shape index (κ3) is 3.89. The SMILES string of the molecule is CCNCc1cccc(NS(=O)(=O)c2ccc3c(c2)N(C(C)=O)CC3)c1. The van der Waals surface area contributed by atoms with Gasteiger partial charge in [-0.1, -0.05) is 25.1 Å². The molecule has 0 radical (unpaired) electrons. The number of hydrogen-bond acceptors (Lipinski definition) is 4. The number of benzene rings is 2. The monoisotopic (exact) mass is 373 g/mol. The molecule has 1 heterocycles. The van der Waals surface area contributed by atoms with Gasteiger partial charge in [-0.05, 0) is 48.4 Å². The van der Waals surface area contributed by atoms with E-state index in [4.69, 9.17) is 0 Å². The summed E-state index contributed by atoms with van der Waals surface area (Å²) in [7, 11) is -3.73. The summed E-state index contributed by atoms with van der Waals surface area (Å²) in [6, 6.07) is 12.3. The van der Waals surface area contributed by atoms with Gasteiger partial charge >= 0.3 is 0 Å². The maximum absolute atomic E-state index is 12.8. The average Bonchev–Trinajstić information content (AvgIpc) is 3.03. The predicted octanol–water partition coefficient (Wildman–Crippen LogP) is 2.51. The topological polar surface area (TPSA) is 78.5 Å². The van der Waals surface area contributed by atoms with Crippen molar-refractivity contribution < 1.29 is 13.2 Å². The van der Waals surface area contributed by atoms with Crippen LogP contribution in [0.25, 0.3) is 0 Å². The molecule has 0 saturated heterocycles. The Hall–Kier alpha value is -2.38. The number of nitrogens with zero attached hydrogens (tertiary/aromatic N) is 1. The van der Waals surface area contributed by atoms with Gasteiger partial charge in [-0.25, -0.2) is 8.42 Å². The van der Waals surface area contributed by atoms with E-state index in [0.29, 0.717) is 24.5 Å². The highest BCUT2D eigenvalue weighted by molar-refractivity contribution is 7.92. The predicted molar refractivity (Wildman–Crippen MR) is 103 cm³/mol. The van der Waals surface area contributed by atoms with Gasteiger partial charge in [0.1, 0.15) is 0 Å². The largest absolute Gasteiger partial charge is 0.313 e. The van der Waals surface area contributed by atoms with E-state index in [2.05, 4.69) is 10.0 Å². The highest BCUT2D eigenvalue weighted by Crippen LogP contribution is 2.31. The Morgan fingerprint density at radius 3 is 2.73 bits per heavy atom. The van der Waals surface area contributed by atoms with E-state index in [1.54, 1.807) is 29.2 Å². The van der Waals surface area contributed by atoms with Crippen molar-refractivity contribution >= 4 is 27.3 Å². The number of rotatable bonds is 6. The molecule has 2 aromatic carbocycles. The fourth-order valence-corrected chi connectivity index (χ4v) is 4.15. The molecule has 3 rings (SSSR count). The van der Waals surface area contributed by atoms with Crippen LogP contribution in [0.4, 0.5) is 11.4 Å². The fourth-order valence-electron chi connectivity index (χ4n) is 3.08. The number of hydrogen-bond donors (Lipinski definition) is 2. The Labute approximate surface area is 154 Å². The molecule has 7 heteroatoms. The molecule has 0 fully saturated rings. The zero-order valence-corrected chi connectivity index (χ0v) is 15.8. The van der Waals surface area contributed by atoms with Crippen molar-refractivity contribution in [2.75, 3.05) is 22.7 Å². The minimum Gasteiger partial charge on any atom is -0.313 e. The smallest absolute Gasteiger partial charge is 0.261 e. The van der Waals surface area contributed by atoms with Gasteiger partial charge in [0.2, 0.25) is 5.91 Å². The van der Waals surface area contributed by atoms with Crippen LogP contribution in [-0.4, -0.2) is 27.4 Å². The lowest BCUT2D eigenvalue weighted by Gasteiger charge is -2.16. The van der Waals surface area contributed by atoms with Crippen LogP contribution in [0.1, 0.15) is 25.0 Å². The van der Waals surface area contributed by atoms with E-state index < -0.39 is 10.0 Å². The lowest BCUT2D eigenvalue weighted by atomic mass is 10.2. The second-order valence-corrected chi connectivity index (χ2v) is 7.98. The van der Waals surface area contributed by atoms with E-state index >= 15 is 0 Å². The van der Waals surface area contributed by atoms with E-state index in [1.807, 2.05) is 25.1 Å². The molecular weight excluding hydrogens is 350 g/mol. The van der Waals surface area contributed by atoms with Crippen LogP contribution in [0, 0.1) is 0 Å². The first-order chi connectivity index (χ1) is 12.4. The molecule has 0 bridgehead atoms. The minimum atomic E-state index is -3.73. The Balaban J connectivity index is 1.85. The molecule has 138 valence electrons. The standard InChI is InChI=1S/C19H23N3O3S/c1-3-20-13-15-5-4-6-17(11-15)21-26(24,25)18-8-7-16-9-10-22(14(2)23)19(16)12-18/h4-8,11-12,20-21H,3,9-10,13H2,1-2H3. The van der Waals surface area contributed by atoms with Gasteiger partial charge in [0.05, 0.1) is 4.90 Å². The molecule has 0 atom stereocenters. The van der Waals surface area contributed by atoms with Crippen LogP contribution in [0.2, 0.25) is 0 Å². The average molecular weight is 373 g/mol. The number of nitrogens with one attached hydrogen (secondary N) is 2. The van der Waals surface area contributed by atoms with E-state index in [9.17, 15) is 13.2 Å². The zero-order chi connectivity index (χ0) is 18.7. The van der Waals surface area contributed by atoms with Gasteiger partial charge in [-0.15, -0.1) is 0 Å². The first-order valence-electron chi connectivity index (χ1n) is 8.64. The summed E-state index contributed by atoms with van der Waals surface area (Å²) in [5.74, 6) is -0.0811. The lowest BCUT2D eigenvalue weighted by Crippen LogP contribution is -2.26. The Morgan fingerprint density at radius 1 is 1.19 bits per heavy atom. The van der Waals surface area contributed by atoms with E-state index in [0.717, 1.165) is 24.1 Å². The van der Waals surface area contributed by atoms with Gasteiger partial charge in [0, 0.05) is 31.4 Å². The van der Waals surface area contributed by atoms with Crippen molar-refractivity contribution in [1.82, 2.24) is 5.32 Å². The minimum absolute atomic E-state index is 0.0811. The number of sulfonamides is 1. The lowest BCUT2D eigenvalue weighted by molar-refractivity contribution is -0.116. The first kappa shape index (κ1) is 18.4. The molecule has 2 N–H and O–H groups in total. The van der Waals surface area contributed by atoms with E-state index in [-0.39, 0.29) is 10.8 Å². The number of fused-ring (bicyclic) bond motifs is 1. The molecule has 1 aliphatic rings. The Bertz CT molecular complexity index is 925. The molecule has 0 aliphatic carbocycles. The summed E-state index contributed by atoms with van der Waals surface area (Å²) < 4.78 is 28.2. The highest BCUT2D eigenvalue weighted by atomic mass is 32.2. The maximum atomic E-state index is 12.8. The summed E-state index contributed by atoms with van der Waals surface area (Å²) in [6.45, 7) is 5.62. The molecule has 2 aromatic rings. The summed E-state index contributed by atoms with van der Waals surface area (Å²) >= 11 is 0. The van der Waals surface area contributed by atoms with Gasteiger partial charge < -0.3 is 10.2 Å². The van der Waals surface area contributed by atoms with E-state index in [1.165, 1.54) is 6.92 Å². The van der Waals surface area contributed by atoms with Gasteiger partial charge in [0.25, 0.3) is 10.0 Å². The molecule has 0 aromatic heterocycles. The summed E-state index contributed by atoms with van der Waals surface area (Å²) in [5, 5.41) is 3.22. The normalized spacial score (nSPS) is 13.5. The van der Waals surface area contributed by atoms with Crippen LogP contribution in [0.3, 0.4) is 0 Å². The Morgan fingerprint density at radius 2 is 2.00 bits per heavy atom. The summed E-state index contributed by atoms with van der Waals surface area (Å²) in [4.78, 5) is 13.5. The molecule has 0 unspecified atom stereocenters. The second kappa shape index (κ2) is 7.47. The van der Waals surface area contributed by atoms with Crippen LogP contribution < -0.4 is 14.9 Å². The molecule has 0 saturated carbocycles. The van der Waals surface area contributed by atoms with Gasteiger partial charge in [-0.3, -0.25) is 9.52 Å². The van der Waals surface area contributed by atoms with Crippen molar-refractivity contribution in [2.24, 2.45) is 0 Å². The van der Waals surface area contributed by atoms with Gasteiger partial charge in [-0.2, -0.15) is 0 Å². The quantitative estimate of drug-likeness (QED) is 0.815. The number of anilines is 2. The number of amides is 1. The maximum Gasteiger partial charge on any atom is 0.261 e. The van der Waals surface area contributed by atoms with Crippen LogP contribution in [-0.2, 0) is 27.8 Å². The molecule has 26 heavy (non-hydrogen) atoms. The van der Waals surface area contributed by atoms with Crippen molar-refractivity contribution in [3.63, 3.8) is 0 Å². The summed E-state index contributed by atoms with van der Waals surface area (Å²) in [5.41, 5.74) is 3.20. The third-order valence-electron chi connectivity index (χ3n) is 4.40. The van der Waals surface area contributed by atoms with Crippen LogP contribution in [0.5, 0.6) is 0 Å². The molecule has 6 nitrogen and oxygen atoms in total. The van der Waals surface area contributed by atoms with Crippen molar-refractivity contribution in [3.8, 4) is 0 Å². The van der Waals surface area contributed by atoms with Gasteiger partial charge in [0.15, 0.2) is 0 Å². The molecule has 1 aliphatic heterocycles. The van der Waals surface area contributed by atoms with Crippen molar-refractivity contribution in [2.45, 2.75) is 31.7 Å². The first-order valence-corrected chi connectivity index (χ1v) is 10.1. The molecule has 0 spiro atoms. The second-order valence-electron chi connectivity index (χ2n) is 6.30. The van der Waals surface area contributed by atoms with Crippen molar-refractivity contribution in [1.29, 1.82) is 0 Å². The van der Waals surface area contributed by atoms with Crippen molar-refractivity contribution in [3.05, 3.63) is 53.6 Å². The molecular formula is C19H23N3O3S. The van der Waals surface area contributed by atoms with Crippen LogP contribution >= 0.6 is 0 Å². The number of carbonyl (C=O) groups excluding carboxylic acids is 1. The molecule has 1 amide bonds. The number of carbonyl (C=O) groups is 1. The summed E-state index contributed by atoms with van der Waals surface area (Å²) in [6.07, 6.45) is 0.745. The Kier molecular flexibility index (Phi) is 5.29. The fraction of sp³-hybridized carbons (Fsp3) is 0.316.